The van der Waals surface area contributed by atoms with Crippen LogP contribution >= 0.6 is 11.8 Å². The van der Waals surface area contributed by atoms with Gasteiger partial charge in [-0.05, 0) is 30.5 Å². The summed E-state index contributed by atoms with van der Waals surface area (Å²) in [6.07, 6.45) is 2.06. The van der Waals surface area contributed by atoms with Crippen molar-refractivity contribution in [2.24, 2.45) is 5.10 Å². The van der Waals surface area contributed by atoms with Crippen molar-refractivity contribution in [2.75, 3.05) is 18.1 Å². The van der Waals surface area contributed by atoms with Gasteiger partial charge in [-0.3, -0.25) is 0 Å². The Morgan fingerprint density at radius 2 is 2.10 bits per heavy atom. The fraction of sp³-hybridized carbons (Fsp3) is 0.357. The van der Waals surface area contributed by atoms with E-state index in [0.29, 0.717) is 0 Å². The van der Waals surface area contributed by atoms with Gasteiger partial charge in [0.05, 0.1) is 5.71 Å². The van der Waals surface area contributed by atoms with E-state index in [1.54, 1.807) is 11.8 Å². The van der Waals surface area contributed by atoms with Crippen LogP contribution in [-0.2, 0) is 4.74 Å². The van der Waals surface area contributed by atoms with Gasteiger partial charge in [0.15, 0.2) is 5.82 Å². The summed E-state index contributed by atoms with van der Waals surface area (Å²) in [7, 11) is 0. The zero-order valence-corrected chi connectivity index (χ0v) is 12.2. The van der Waals surface area contributed by atoms with E-state index in [1.165, 1.54) is 0 Å². The molecule has 4 rings (SSSR count). The van der Waals surface area contributed by atoms with Crippen molar-refractivity contribution < 1.29 is 4.74 Å². The van der Waals surface area contributed by atoms with E-state index in [2.05, 4.69) is 10.2 Å². The minimum atomic E-state index is 0.0152. The van der Waals surface area contributed by atoms with Crippen LogP contribution < -0.4 is 5.73 Å². The van der Waals surface area contributed by atoms with Gasteiger partial charge in [0, 0.05) is 18.0 Å². The lowest BCUT2D eigenvalue weighted by atomic mass is 10.1. The maximum Gasteiger partial charge on any atom is 0.212 e. The molecule has 6 nitrogen and oxygen atoms in total. The van der Waals surface area contributed by atoms with Crippen molar-refractivity contribution in [2.45, 2.75) is 24.1 Å². The van der Waals surface area contributed by atoms with E-state index in [1.807, 2.05) is 28.9 Å². The van der Waals surface area contributed by atoms with Crippen LogP contribution in [0.5, 0.6) is 0 Å². The molecular formula is C14H15N5OS. The number of thioether (sulfide) groups is 1. The Bertz CT molecular complexity index is 688. The van der Waals surface area contributed by atoms with Crippen molar-refractivity contribution in [3.63, 3.8) is 0 Å². The third-order valence-electron chi connectivity index (χ3n) is 3.66. The van der Waals surface area contributed by atoms with Crippen LogP contribution in [0.2, 0.25) is 0 Å². The fourth-order valence-corrected chi connectivity index (χ4v) is 3.39. The van der Waals surface area contributed by atoms with Crippen molar-refractivity contribution in [3.8, 4) is 0 Å². The Balaban J connectivity index is 1.72. The average Bonchev–Trinajstić information content (AvgIpc) is 3.16. The van der Waals surface area contributed by atoms with Gasteiger partial charge in [-0.2, -0.15) is 9.78 Å². The molecule has 2 aliphatic rings. The number of ether oxygens (including phenoxy) is 1. The molecule has 2 N–H and O–H groups in total. The molecule has 2 aliphatic heterocycles. The molecule has 0 amide bonds. The zero-order chi connectivity index (χ0) is 14.2. The second-order valence-electron chi connectivity index (χ2n) is 5.11. The summed E-state index contributed by atoms with van der Waals surface area (Å²) in [4.78, 5) is 0. The molecule has 0 bridgehead atoms. The predicted octanol–water partition coefficient (Wildman–Crippen LogP) is 2.07. The van der Waals surface area contributed by atoms with Gasteiger partial charge in [0.25, 0.3) is 0 Å². The fourth-order valence-electron chi connectivity index (χ4n) is 2.54. The van der Waals surface area contributed by atoms with E-state index < -0.39 is 0 Å². The average molecular weight is 301 g/mol. The van der Waals surface area contributed by atoms with E-state index in [0.717, 1.165) is 53.1 Å². The molecule has 1 aromatic heterocycles. The van der Waals surface area contributed by atoms with Crippen LogP contribution in [0, 0.1) is 0 Å². The molecule has 0 spiro atoms. The third-order valence-corrected chi connectivity index (χ3v) is 4.59. The molecule has 7 heteroatoms. The summed E-state index contributed by atoms with van der Waals surface area (Å²) < 4.78 is 7.53. The predicted molar refractivity (Wildman–Crippen MR) is 81.5 cm³/mol. The summed E-state index contributed by atoms with van der Waals surface area (Å²) in [6.45, 7) is 0.786. The van der Waals surface area contributed by atoms with E-state index in [4.69, 9.17) is 15.6 Å². The number of nitrogens with zero attached hydrogens (tertiary/aromatic N) is 4. The van der Waals surface area contributed by atoms with E-state index in [9.17, 15) is 0 Å². The first-order valence-corrected chi connectivity index (χ1v) is 7.93. The summed E-state index contributed by atoms with van der Waals surface area (Å²) in [5.41, 5.74) is 8.58. The maximum atomic E-state index is 5.74. The molecule has 1 atom stereocenters. The number of aromatic nitrogens is 3. The normalized spacial score (nSPS) is 21.1. The largest absolute Gasteiger partial charge is 0.399 e. The van der Waals surface area contributed by atoms with Crippen molar-refractivity contribution in [1.29, 1.82) is 0 Å². The van der Waals surface area contributed by atoms with Gasteiger partial charge in [-0.25, -0.2) is 0 Å². The number of rotatable bonds is 2. The Labute approximate surface area is 126 Å². The number of nitrogen functional groups attached to an aromatic ring is 1. The van der Waals surface area contributed by atoms with Gasteiger partial charge in [0.2, 0.25) is 5.16 Å². The van der Waals surface area contributed by atoms with E-state index in [-0.39, 0.29) is 6.10 Å². The highest BCUT2D eigenvalue weighted by molar-refractivity contribution is 7.99. The molecule has 0 saturated carbocycles. The molecule has 108 valence electrons. The van der Waals surface area contributed by atoms with Gasteiger partial charge in [-0.15, -0.1) is 10.2 Å². The first kappa shape index (κ1) is 12.8. The molecule has 1 unspecified atom stereocenters. The SMILES string of the molecule is Nc1ccc(C2=Nn3c(nnc3C3CCCO3)SC2)cc1. The number of fused-ring (bicyclic) bond motifs is 1. The lowest BCUT2D eigenvalue weighted by molar-refractivity contribution is 0.102. The molecule has 0 aliphatic carbocycles. The number of benzene rings is 1. The number of anilines is 1. The highest BCUT2D eigenvalue weighted by Crippen LogP contribution is 2.31. The number of hydrogen-bond donors (Lipinski definition) is 1. The second-order valence-corrected chi connectivity index (χ2v) is 6.05. The van der Waals surface area contributed by atoms with Crippen LogP contribution in [0.1, 0.15) is 30.3 Å². The number of nitrogens with two attached hydrogens (primary N) is 1. The minimum absolute atomic E-state index is 0.0152. The standard InChI is InChI=1S/C14H15N5OS/c15-10-5-3-9(4-6-10)11-8-21-14-17-16-13(19(14)18-11)12-2-1-7-20-12/h3-6,12H,1-2,7-8,15H2. The van der Waals surface area contributed by atoms with Crippen molar-refractivity contribution >= 4 is 23.2 Å². The van der Waals surface area contributed by atoms with E-state index >= 15 is 0 Å². The monoisotopic (exact) mass is 301 g/mol. The zero-order valence-electron chi connectivity index (χ0n) is 11.4. The minimum Gasteiger partial charge on any atom is -0.399 e. The summed E-state index contributed by atoms with van der Waals surface area (Å²) in [5, 5.41) is 14.0. The molecule has 2 aromatic rings. The Morgan fingerprint density at radius 1 is 1.24 bits per heavy atom. The third kappa shape index (κ3) is 2.32. The quantitative estimate of drug-likeness (QED) is 0.859. The summed E-state index contributed by atoms with van der Waals surface area (Å²) >= 11 is 1.65. The van der Waals surface area contributed by atoms with Crippen LogP contribution in [0.15, 0.2) is 34.5 Å². The van der Waals surface area contributed by atoms with Gasteiger partial charge in [0.1, 0.15) is 6.10 Å². The molecule has 1 aromatic carbocycles. The van der Waals surface area contributed by atoms with Crippen LogP contribution in [0.25, 0.3) is 0 Å². The first-order chi connectivity index (χ1) is 10.3. The molecule has 3 heterocycles. The lowest BCUT2D eigenvalue weighted by Gasteiger charge is -2.15. The van der Waals surface area contributed by atoms with Crippen LogP contribution in [-0.4, -0.2) is 32.9 Å². The Hall–Kier alpha value is -1.86. The topological polar surface area (TPSA) is 78.3 Å². The Kier molecular flexibility index (Phi) is 3.16. The first-order valence-electron chi connectivity index (χ1n) is 6.95. The molecule has 0 radical (unpaired) electrons. The molecular weight excluding hydrogens is 286 g/mol. The second kappa shape index (κ2) is 5.16. The molecule has 21 heavy (non-hydrogen) atoms. The Morgan fingerprint density at radius 3 is 2.86 bits per heavy atom. The smallest absolute Gasteiger partial charge is 0.212 e. The molecule has 1 fully saturated rings. The summed E-state index contributed by atoms with van der Waals surface area (Å²) in [5.74, 6) is 1.59. The highest BCUT2D eigenvalue weighted by atomic mass is 32.2. The maximum absolute atomic E-state index is 5.74. The molecule has 1 saturated heterocycles. The van der Waals surface area contributed by atoms with Crippen LogP contribution in [0.3, 0.4) is 0 Å². The highest BCUT2D eigenvalue weighted by Gasteiger charge is 2.27. The number of hydrogen-bond acceptors (Lipinski definition) is 6. The van der Waals surface area contributed by atoms with Crippen molar-refractivity contribution in [1.82, 2.24) is 14.9 Å². The lowest BCUT2D eigenvalue weighted by Crippen LogP contribution is -2.16. The summed E-state index contributed by atoms with van der Waals surface area (Å²) in [6, 6.07) is 7.78. The van der Waals surface area contributed by atoms with Crippen LogP contribution in [0.4, 0.5) is 5.69 Å². The van der Waals surface area contributed by atoms with Gasteiger partial charge in [-0.1, -0.05) is 23.9 Å². The van der Waals surface area contributed by atoms with Gasteiger partial charge < -0.3 is 10.5 Å². The van der Waals surface area contributed by atoms with Gasteiger partial charge >= 0.3 is 0 Å². The van der Waals surface area contributed by atoms with Crippen molar-refractivity contribution in [3.05, 3.63) is 35.7 Å².